The third-order valence-corrected chi connectivity index (χ3v) is 2.09. The van der Waals surface area contributed by atoms with Crippen LogP contribution in [0.5, 0.6) is 0 Å². The summed E-state index contributed by atoms with van der Waals surface area (Å²) in [6.07, 6.45) is -5.94. The van der Waals surface area contributed by atoms with Crippen molar-refractivity contribution in [1.29, 1.82) is 0 Å². The van der Waals surface area contributed by atoms with Crippen molar-refractivity contribution in [2.75, 3.05) is 0 Å². The van der Waals surface area contributed by atoms with Gasteiger partial charge in [-0.2, -0.15) is 22.0 Å². The lowest BCUT2D eigenvalue weighted by Gasteiger charge is -2.26. The van der Waals surface area contributed by atoms with E-state index in [4.69, 9.17) is 0 Å². The SMILES string of the molecule is Cl.N[C@H](c1cccc(F)c1F)C(F)(F)C(F)(F)F. The van der Waals surface area contributed by atoms with Gasteiger partial charge in [0, 0.05) is 5.56 Å². The van der Waals surface area contributed by atoms with Crippen LogP contribution in [0.3, 0.4) is 0 Å². The highest BCUT2D eigenvalue weighted by molar-refractivity contribution is 5.85. The lowest BCUT2D eigenvalue weighted by molar-refractivity contribution is -0.291. The Bertz CT molecular complexity index is 418. The molecule has 0 spiro atoms. The van der Waals surface area contributed by atoms with E-state index in [1.165, 1.54) is 0 Å². The zero-order valence-electron chi connectivity index (χ0n) is 8.44. The highest BCUT2D eigenvalue weighted by Gasteiger charge is 2.62. The number of alkyl halides is 5. The van der Waals surface area contributed by atoms with Crippen molar-refractivity contribution in [3.8, 4) is 0 Å². The molecule has 1 atom stereocenters. The first kappa shape index (κ1) is 17.0. The average Bonchev–Trinajstić information content (AvgIpc) is 2.19. The van der Waals surface area contributed by atoms with Crippen molar-refractivity contribution >= 4 is 12.4 Å². The van der Waals surface area contributed by atoms with Crippen LogP contribution in [0.2, 0.25) is 0 Å². The van der Waals surface area contributed by atoms with Crippen molar-refractivity contribution < 1.29 is 30.7 Å². The first-order valence-corrected chi connectivity index (χ1v) is 4.23. The third-order valence-electron chi connectivity index (χ3n) is 2.09. The topological polar surface area (TPSA) is 26.0 Å². The normalized spacial score (nSPS) is 14.0. The van der Waals surface area contributed by atoms with Crippen molar-refractivity contribution in [1.82, 2.24) is 0 Å². The van der Waals surface area contributed by atoms with Crippen LogP contribution in [0.25, 0.3) is 0 Å². The Labute approximate surface area is 103 Å². The minimum atomic E-state index is -5.94. The quantitative estimate of drug-likeness (QED) is 0.830. The maximum Gasteiger partial charge on any atom is 0.455 e. The molecule has 1 aromatic rings. The predicted molar refractivity (Wildman–Crippen MR) is 51.5 cm³/mol. The van der Waals surface area contributed by atoms with E-state index in [2.05, 4.69) is 5.73 Å². The van der Waals surface area contributed by atoms with Gasteiger partial charge in [-0.05, 0) is 6.07 Å². The van der Waals surface area contributed by atoms with Crippen molar-refractivity contribution in [3.05, 3.63) is 35.4 Å². The second-order valence-electron chi connectivity index (χ2n) is 3.24. The average molecular weight is 298 g/mol. The fraction of sp³-hybridized carbons (Fsp3) is 0.333. The molecule has 0 aromatic heterocycles. The molecule has 0 saturated carbocycles. The second-order valence-corrected chi connectivity index (χ2v) is 3.24. The summed E-state index contributed by atoms with van der Waals surface area (Å²) in [6, 6.07) is -1.06. The fourth-order valence-electron chi connectivity index (χ4n) is 1.13. The van der Waals surface area contributed by atoms with Crippen LogP contribution in [-0.2, 0) is 0 Å². The Balaban J connectivity index is 0.00000289. The molecule has 0 unspecified atom stereocenters. The highest BCUT2D eigenvalue weighted by atomic mass is 35.5. The summed E-state index contributed by atoms with van der Waals surface area (Å²) >= 11 is 0. The molecule has 0 aliphatic carbocycles. The van der Waals surface area contributed by atoms with Gasteiger partial charge in [-0.3, -0.25) is 0 Å². The molecule has 1 aromatic carbocycles. The molecule has 0 saturated heterocycles. The molecular weight excluding hydrogens is 291 g/mol. The van der Waals surface area contributed by atoms with Crippen molar-refractivity contribution in [2.24, 2.45) is 5.73 Å². The molecule has 1 rings (SSSR count). The standard InChI is InChI=1S/C9H6F7N.ClH/c10-5-3-1-2-4(6(5)11)7(17)8(12,13)9(14,15)16;/h1-3,7H,17H2;1H/t7-;/m1./s1. The van der Waals surface area contributed by atoms with E-state index < -0.39 is 35.3 Å². The van der Waals surface area contributed by atoms with Gasteiger partial charge in [0.1, 0.15) is 6.04 Å². The minimum Gasteiger partial charge on any atom is -0.319 e. The molecule has 18 heavy (non-hydrogen) atoms. The minimum absolute atomic E-state index is 0. The first-order valence-electron chi connectivity index (χ1n) is 4.23. The molecule has 0 aliphatic rings. The molecule has 0 heterocycles. The largest absolute Gasteiger partial charge is 0.455 e. The van der Waals surface area contributed by atoms with Crippen LogP contribution >= 0.6 is 12.4 Å². The zero-order valence-corrected chi connectivity index (χ0v) is 9.26. The Morgan fingerprint density at radius 2 is 1.50 bits per heavy atom. The lowest BCUT2D eigenvalue weighted by Crippen LogP contribution is -2.46. The fourth-order valence-corrected chi connectivity index (χ4v) is 1.13. The summed E-state index contributed by atoms with van der Waals surface area (Å²) in [6.45, 7) is 0. The zero-order chi connectivity index (χ0) is 13.4. The molecular formula is C9H7ClF7N. The van der Waals surface area contributed by atoms with Gasteiger partial charge in [0.15, 0.2) is 11.6 Å². The summed E-state index contributed by atoms with van der Waals surface area (Å²) in [5.74, 6) is -8.71. The molecule has 0 bridgehead atoms. The van der Waals surface area contributed by atoms with Gasteiger partial charge in [0.25, 0.3) is 0 Å². The van der Waals surface area contributed by atoms with Crippen LogP contribution in [0.1, 0.15) is 11.6 Å². The second kappa shape index (κ2) is 5.31. The lowest BCUT2D eigenvalue weighted by atomic mass is 10.0. The summed E-state index contributed by atoms with van der Waals surface area (Å²) < 4.78 is 87.1. The van der Waals surface area contributed by atoms with Gasteiger partial charge in [0.05, 0.1) is 0 Å². The molecule has 104 valence electrons. The monoisotopic (exact) mass is 297 g/mol. The number of nitrogens with two attached hydrogens (primary N) is 1. The molecule has 2 N–H and O–H groups in total. The summed E-state index contributed by atoms with van der Waals surface area (Å²) in [4.78, 5) is 0. The number of rotatable bonds is 2. The van der Waals surface area contributed by atoms with Gasteiger partial charge in [-0.1, -0.05) is 12.1 Å². The smallest absolute Gasteiger partial charge is 0.319 e. The van der Waals surface area contributed by atoms with Crippen LogP contribution < -0.4 is 5.73 Å². The van der Waals surface area contributed by atoms with Gasteiger partial charge < -0.3 is 5.73 Å². The van der Waals surface area contributed by atoms with Crippen molar-refractivity contribution in [3.63, 3.8) is 0 Å². The Hall–Kier alpha value is -1.02. The Kier molecular flexibility index (Phi) is 5.01. The van der Waals surface area contributed by atoms with Gasteiger partial charge >= 0.3 is 12.1 Å². The third kappa shape index (κ3) is 2.86. The predicted octanol–water partition coefficient (Wildman–Crippen LogP) is 3.58. The maximum absolute atomic E-state index is 13.0. The van der Waals surface area contributed by atoms with Gasteiger partial charge in [-0.25, -0.2) is 8.78 Å². The molecule has 0 fully saturated rings. The van der Waals surface area contributed by atoms with Crippen LogP contribution in [0.4, 0.5) is 30.7 Å². The number of hydrogen-bond acceptors (Lipinski definition) is 1. The van der Waals surface area contributed by atoms with E-state index in [1.54, 1.807) is 0 Å². The number of benzene rings is 1. The Morgan fingerprint density at radius 1 is 1.00 bits per heavy atom. The molecule has 9 heteroatoms. The molecule has 0 radical (unpaired) electrons. The number of hydrogen-bond donors (Lipinski definition) is 1. The summed E-state index contributed by atoms with van der Waals surface area (Å²) in [7, 11) is 0. The molecule has 1 nitrogen and oxygen atoms in total. The highest BCUT2D eigenvalue weighted by Crippen LogP contribution is 2.43. The van der Waals surface area contributed by atoms with E-state index >= 15 is 0 Å². The maximum atomic E-state index is 13.0. The molecule has 0 aliphatic heterocycles. The van der Waals surface area contributed by atoms with Crippen LogP contribution in [0.15, 0.2) is 18.2 Å². The van der Waals surface area contributed by atoms with Gasteiger partial charge in [-0.15, -0.1) is 12.4 Å². The first-order chi connectivity index (χ1) is 7.59. The summed E-state index contributed by atoms with van der Waals surface area (Å²) in [5.41, 5.74) is 3.42. The molecule has 0 amide bonds. The van der Waals surface area contributed by atoms with Crippen molar-refractivity contribution in [2.45, 2.75) is 18.1 Å². The van der Waals surface area contributed by atoms with Crippen LogP contribution in [0, 0.1) is 11.6 Å². The van der Waals surface area contributed by atoms with E-state index in [9.17, 15) is 30.7 Å². The Morgan fingerprint density at radius 3 is 1.94 bits per heavy atom. The van der Waals surface area contributed by atoms with E-state index in [0.29, 0.717) is 12.1 Å². The van der Waals surface area contributed by atoms with Crippen LogP contribution in [-0.4, -0.2) is 12.1 Å². The summed E-state index contributed by atoms with van der Waals surface area (Å²) in [5, 5.41) is 0. The number of halogens is 8. The van der Waals surface area contributed by atoms with E-state index in [-0.39, 0.29) is 12.4 Å². The van der Waals surface area contributed by atoms with Gasteiger partial charge in [0.2, 0.25) is 0 Å². The van der Waals surface area contributed by atoms with E-state index in [0.717, 1.165) is 6.07 Å². The van der Waals surface area contributed by atoms with E-state index in [1.807, 2.05) is 0 Å².